The van der Waals surface area contributed by atoms with Crippen molar-refractivity contribution in [2.24, 2.45) is 0 Å². The van der Waals surface area contributed by atoms with Crippen LogP contribution in [0.25, 0.3) is 0 Å². The van der Waals surface area contributed by atoms with Gasteiger partial charge in [-0.2, -0.15) is 0 Å². The van der Waals surface area contributed by atoms with E-state index in [-0.39, 0.29) is 5.78 Å². The van der Waals surface area contributed by atoms with Gasteiger partial charge in [-0.25, -0.2) is 0 Å². The first-order valence-corrected chi connectivity index (χ1v) is 8.76. The number of Topliss-reactive ketones (excluding diaryl/α,β-unsaturated/α-hetero) is 1. The molecule has 0 aromatic heterocycles. The second kappa shape index (κ2) is 12.0. The van der Waals surface area contributed by atoms with Crippen LogP contribution in [0.15, 0.2) is 30.4 Å². The SMILES string of the molecule is C=C(CC)C(=O)c1ccc(OCCN(CCOC)CCOC)c(Cl)c1. The molecule has 0 N–H and O–H groups in total. The summed E-state index contributed by atoms with van der Waals surface area (Å²) in [5.41, 5.74) is 1.10. The number of carbonyl (C=O) groups is 1. The highest BCUT2D eigenvalue weighted by Crippen LogP contribution is 2.26. The number of hydrogen-bond donors (Lipinski definition) is 0. The highest BCUT2D eigenvalue weighted by Gasteiger charge is 2.12. The minimum Gasteiger partial charge on any atom is -0.491 e. The second-order valence-corrected chi connectivity index (χ2v) is 6.01. The summed E-state index contributed by atoms with van der Waals surface area (Å²) in [5, 5.41) is 0.426. The van der Waals surface area contributed by atoms with Crippen molar-refractivity contribution in [1.29, 1.82) is 0 Å². The fourth-order valence-electron chi connectivity index (χ4n) is 2.18. The Labute approximate surface area is 155 Å². The lowest BCUT2D eigenvalue weighted by molar-refractivity contribution is 0.103. The first kappa shape index (κ1) is 21.6. The number of methoxy groups -OCH3 is 2. The molecule has 6 heteroatoms. The molecule has 0 aliphatic heterocycles. The fourth-order valence-corrected chi connectivity index (χ4v) is 2.42. The molecule has 5 nitrogen and oxygen atoms in total. The van der Waals surface area contributed by atoms with Crippen LogP contribution in [-0.2, 0) is 9.47 Å². The van der Waals surface area contributed by atoms with E-state index in [0.717, 1.165) is 19.6 Å². The van der Waals surface area contributed by atoms with Crippen molar-refractivity contribution in [2.75, 3.05) is 53.7 Å². The normalized spacial score (nSPS) is 10.9. The zero-order valence-electron chi connectivity index (χ0n) is 15.3. The number of nitrogens with zero attached hydrogens (tertiary/aromatic N) is 1. The van der Waals surface area contributed by atoms with Gasteiger partial charge in [-0.15, -0.1) is 0 Å². The Morgan fingerprint density at radius 3 is 2.24 bits per heavy atom. The summed E-state index contributed by atoms with van der Waals surface area (Å²) in [7, 11) is 3.36. The third-order valence-electron chi connectivity index (χ3n) is 3.83. The molecule has 1 aromatic rings. The summed E-state index contributed by atoms with van der Waals surface area (Å²) in [4.78, 5) is 14.3. The molecule has 1 aromatic carbocycles. The van der Waals surface area contributed by atoms with Crippen LogP contribution in [0.4, 0.5) is 0 Å². The van der Waals surface area contributed by atoms with Gasteiger partial charge >= 0.3 is 0 Å². The van der Waals surface area contributed by atoms with Crippen LogP contribution >= 0.6 is 11.6 Å². The zero-order valence-corrected chi connectivity index (χ0v) is 16.1. The van der Waals surface area contributed by atoms with Crippen LogP contribution < -0.4 is 4.74 Å². The molecule has 0 fully saturated rings. The maximum absolute atomic E-state index is 12.1. The summed E-state index contributed by atoms with van der Waals surface area (Å²) in [6, 6.07) is 5.08. The van der Waals surface area contributed by atoms with E-state index in [4.69, 9.17) is 25.8 Å². The van der Waals surface area contributed by atoms with E-state index in [2.05, 4.69) is 11.5 Å². The molecule has 0 aliphatic carbocycles. The summed E-state index contributed by atoms with van der Waals surface area (Å²) in [6.07, 6.45) is 0.619. The van der Waals surface area contributed by atoms with E-state index in [1.165, 1.54) is 0 Å². The maximum Gasteiger partial charge on any atom is 0.188 e. The van der Waals surface area contributed by atoms with E-state index in [9.17, 15) is 4.79 Å². The van der Waals surface area contributed by atoms with Crippen LogP contribution in [0.1, 0.15) is 23.7 Å². The van der Waals surface area contributed by atoms with Gasteiger partial charge in [0.1, 0.15) is 12.4 Å². The number of ether oxygens (including phenoxy) is 3. The summed E-state index contributed by atoms with van der Waals surface area (Å²) in [6.45, 7) is 9.82. The summed E-state index contributed by atoms with van der Waals surface area (Å²) < 4.78 is 16.0. The van der Waals surface area contributed by atoms with Crippen molar-refractivity contribution in [1.82, 2.24) is 4.90 Å². The summed E-state index contributed by atoms with van der Waals surface area (Å²) in [5.74, 6) is 0.486. The molecule has 0 saturated heterocycles. The number of rotatable bonds is 13. The Balaban J connectivity index is 2.58. The first-order valence-electron chi connectivity index (χ1n) is 8.38. The molecule has 0 atom stereocenters. The van der Waals surface area contributed by atoms with Gasteiger partial charge in [0, 0.05) is 39.4 Å². The summed E-state index contributed by atoms with van der Waals surface area (Å²) >= 11 is 6.24. The van der Waals surface area contributed by atoms with Gasteiger partial charge in [-0.3, -0.25) is 9.69 Å². The fraction of sp³-hybridized carbons (Fsp3) is 0.526. The zero-order chi connectivity index (χ0) is 18.7. The van der Waals surface area contributed by atoms with Crippen LogP contribution in [0, 0.1) is 0 Å². The number of halogens is 1. The van der Waals surface area contributed by atoms with Gasteiger partial charge in [0.05, 0.1) is 18.2 Å². The van der Waals surface area contributed by atoms with Crippen LogP contribution in [0.5, 0.6) is 5.75 Å². The van der Waals surface area contributed by atoms with Crippen molar-refractivity contribution < 1.29 is 19.0 Å². The third-order valence-corrected chi connectivity index (χ3v) is 4.13. The van der Waals surface area contributed by atoms with Crippen LogP contribution in [0.2, 0.25) is 5.02 Å². The Bertz CT molecular complexity index is 554. The Morgan fingerprint density at radius 1 is 1.12 bits per heavy atom. The molecule has 0 radical (unpaired) electrons. The van der Waals surface area contributed by atoms with Crippen LogP contribution in [-0.4, -0.2) is 64.4 Å². The third kappa shape index (κ3) is 7.57. The molecule has 25 heavy (non-hydrogen) atoms. The maximum atomic E-state index is 12.1. The molecule has 0 bridgehead atoms. The Kier molecular flexibility index (Phi) is 10.4. The standard InChI is InChI=1S/C19H28ClNO4/c1-5-15(2)19(22)16-6-7-18(17(20)14-16)25-13-10-21(8-11-23-3)9-12-24-4/h6-7,14H,2,5,8-13H2,1,3-4H3. The van der Waals surface area contributed by atoms with Gasteiger partial charge in [0.15, 0.2) is 5.78 Å². The molecular formula is C19H28ClNO4. The average Bonchev–Trinajstić information content (AvgIpc) is 2.63. The monoisotopic (exact) mass is 369 g/mol. The van der Waals surface area contributed by atoms with Gasteiger partial charge < -0.3 is 14.2 Å². The van der Waals surface area contributed by atoms with Gasteiger partial charge in [-0.05, 0) is 30.2 Å². The van der Waals surface area contributed by atoms with Gasteiger partial charge in [-0.1, -0.05) is 25.1 Å². The molecule has 0 amide bonds. The average molecular weight is 370 g/mol. The molecule has 140 valence electrons. The van der Waals surface area contributed by atoms with E-state index < -0.39 is 0 Å². The van der Waals surface area contributed by atoms with E-state index in [1.807, 2.05) is 6.92 Å². The molecule has 0 aliphatic rings. The highest BCUT2D eigenvalue weighted by atomic mass is 35.5. The lowest BCUT2D eigenvalue weighted by Crippen LogP contribution is -2.34. The number of ketones is 1. The molecule has 0 heterocycles. The minimum absolute atomic E-state index is 0.0822. The number of allylic oxidation sites excluding steroid dienone is 1. The predicted molar refractivity (Wildman–Crippen MR) is 101 cm³/mol. The number of carbonyl (C=O) groups excluding carboxylic acids is 1. The first-order chi connectivity index (χ1) is 12.0. The van der Waals surface area contributed by atoms with Crippen molar-refractivity contribution in [3.05, 3.63) is 40.9 Å². The minimum atomic E-state index is -0.0822. The molecule has 1 rings (SSSR count). The molecular weight excluding hydrogens is 342 g/mol. The number of benzene rings is 1. The van der Waals surface area contributed by atoms with E-state index in [1.54, 1.807) is 32.4 Å². The Morgan fingerprint density at radius 2 is 1.72 bits per heavy atom. The molecule has 0 saturated carbocycles. The van der Waals surface area contributed by atoms with Crippen molar-refractivity contribution in [3.8, 4) is 5.75 Å². The van der Waals surface area contributed by atoms with Gasteiger partial charge in [0.2, 0.25) is 0 Å². The van der Waals surface area contributed by atoms with E-state index in [0.29, 0.717) is 48.2 Å². The van der Waals surface area contributed by atoms with Crippen molar-refractivity contribution >= 4 is 17.4 Å². The van der Waals surface area contributed by atoms with Crippen molar-refractivity contribution in [3.63, 3.8) is 0 Å². The second-order valence-electron chi connectivity index (χ2n) is 5.61. The highest BCUT2D eigenvalue weighted by molar-refractivity contribution is 6.32. The topological polar surface area (TPSA) is 48.0 Å². The lowest BCUT2D eigenvalue weighted by Gasteiger charge is -2.21. The van der Waals surface area contributed by atoms with E-state index >= 15 is 0 Å². The largest absolute Gasteiger partial charge is 0.491 e. The van der Waals surface area contributed by atoms with Crippen molar-refractivity contribution in [2.45, 2.75) is 13.3 Å². The number of hydrogen-bond acceptors (Lipinski definition) is 5. The predicted octanol–water partition coefficient (Wildman–Crippen LogP) is 3.46. The van der Waals surface area contributed by atoms with Gasteiger partial charge in [0.25, 0.3) is 0 Å². The molecule has 0 unspecified atom stereocenters. The van der Waals surface area contributed by atoms with Crippen LogP contribution in [0.3, 0.4) is 0 Å². The lowest BCUT2D eigenvalue weighted by atomic mass is 10.0. The Hall–Kier alpha value is -1.40. The quantitative estimate of drug-likeness (QED) is 0.393. The smallest absolute Gasteiger partial charge is 0.188 e. The molecule has 0 spiro atoms.